The number of nitrogens with zero attached hydrogens (tertiary/aromatic N) is 2. The maximum Gasteiger partial charge on any atom is 0.261 e. The fourth-order valence-electron chi connectivity index (χ4n) is 1.37. The van der Waals surface area contributed by atoms with E-state index in [2.05, 4.69) is 15.0 Å². The molecule has 0 aliphatic rings. The molecule has 1 atom stereocenters. The van der Waals surface area contributed by atoms with E-state index < -0.39 is 22.0 Å². The topological polar surface area (TPSA) is 93.1 Å². The fraction of sp³-hybridized carbons (Fsp3) is 0.636. The summed E-state index contributed by atoms with van der Waals surface area (Å²) in [5, 5.41) is 2.36. The number of hydrogen-bond donors (Lipinski definition) is 2. The Labute approximate surface area is 123 Å². The lowest BCUT2D eigenvalue weighted by molar-refractivity contribution is -0.122. The highest BCUT2D eigenvalue weighted by Crippen LogP contribution is 2.18. The van der Waals surface area contributed by atoms with Crippen molar-refractivity contribution in [3.63, 3.8) is 0 Å². The van der Waals surface area contributed by atoms with Crippen molar-refractivity contribution in [1.29, 1.82) is 0 Å². The lowest BCUT2D eigenvalue weighted by atomic mass is 10.2. The summed E-state index contributed by atoms with van der Waals surface area (Å²) in [5.74, 6) is -0.109. The maximum absolute atomic E-state index is 12.1. The van der Waals surface area contributed by atoms with Crippen LogP contribution in [0.2, 0.25) is 5.15 Å². The average molecular weight is 323 g/mol. The number of aryl methyl sites for hydroxylation is 1. The minimum Gasteiger partial charge on any atom is -0.354 e. The van der Waals surface area contributed by atoms with E-state index in [-0.39, 0.29) is 16.1 Å². The molecule has 20 heavy (non-hydrogen) atoms. The third kappa shape index (κ3) is 4.19. The van der Waals surface area contributed by atoms with Gasteiger partial charge >= 0.3 is 0 Å². The molecule has 1 rings (SSSR count). The summed E-state index contributed by atoms with van der Waals surface area (Å²) in [6.07, 6.45) is 1.29. The SMILES string of the molecule is CC(C)CNC(=O)C(C)NS(=O)(=O)c1ncn(C)c1Cl. The summed E-state index contributed by atoms with van der Waals surface area (Å²) < 4.78 is 27.8. The zero-order valence-corrected chi connectivity index (χ0v) is 13.4. The number of carbonyl (C=O) groups is 1. The van der Waals surface area contributed by atoms with Crippen LogP contribution in [0.3, 0.4) is 0 Å². The first-order chi connectivity index (χ1) is 9.15. The second-order valence-electron chi connectivity index (χ2n) is 4.93. The van der Waals surface area contributed by atoms with Gasteiger partial charge in [0.15, 0.2) is 0 Å². The molecule has 114 valence electrons. The molecule has 0 saturated carbocycles. The predicted molar refractivity (Wildman–Crippen MR) is 75.8 cm³/mol. The first kappa shape index (κ1) is 16.9. The summed E-state index contributed by atoms with van der Waals surface area (Å²) in [4.78, 5) is 15.5. The van der Waals surface area contributed by atoms with Crippen LogP contribution in [0.1, 0.15) is 20.8 Å². The quantitative estimate of drug-likeness (QED) is 0.798. The van der Waals surface area contributed by atoms with E-state index in [1.165, 1.54) is 17.8 Å². The first-order valence-electron chi connectivity index (χ1n) is 6.12. The van der Waals surface area contributed by atoms with E-state index in [0.717, 1.165) is 0 Å². The average Bonchev–Trinajstić information content (AvgIpc) is 2.66. The molecular formula is C11H19ClN4O3S. The smallest absolute Gasteiger partial charge is 0.261 e. The monoisotopic (exact) mass is 322 g/mol. The molecule has 0 aliphatic carbocycles. The number of amides is 1. The van der Waals surface area contributed by atoms with Gasteiger partial charge < -0.3 is 9.88 Å². The van der Waals surface area contributed by atoms with Gasteiger partial charge in [-0.1, -0.05) is 25.4 Å². The molecule has 7 nitrogen and oxygen atoms in total. The van der Waals surface area contributed by atoms with E-state index in [4.69, 9.17) is 11.6 Å². The first-order valence-corrected chi connectivity index (χ1v) is 7.98. The highest BCUT2D eigenvalue weighted by Gasteiger charge is 2.26. The van der Waals surface area contributed by atoms with Crippen LogP contribution in [0.25, 0.3) is 0 Å². The maximum atomic E-state index is 12.1. The summed E-state index contributed by atoms with van der Waals surface area (Å²) in [6, 6.07) is -0.906. The number of nitrogens with one attached hydrogen (secondary N) is 2. The molecule has 0 fully saturated rings. The molecule has 1 unspecified atom stereocenters. The number of imidazole rings is 1. The highest BCUT2D eigenvalue weighted by molar-refractivity contribution is 7.89. The summed E-state index contributed by atoms with van der Waals surface area (Å²) in [7, 11) is -2.35. The summed E-state index contributed by atoms with van der Waals surface area (Å²) in [5.41, 5.74) is 0. The Hall–Kier alpha value is -1.12. The van der Waals surface area contributed by atoms with Crippen LogP contribution in [-0.4, -0.2) is 36.5 Å². The van der Waals surface area contributed by atoms with Crippen LogP contribution in [0.4, 0.5) is 0 Å². The number of aromatic nitrogens is 2. The van der Waals surface area contributed by atoms with E-state index in [1.54, 1.807) is 7.05 Å². The number of rotatable bonds is 6. The minimum atomic E-state index is -3.93. The van der Waals surface area contributed by atoms with Gasteiger partial charge in [0.05, 0.1) is 12.4 Å². The third-order valence-electron chi connectivity index (χ3n) is 2.50. The number of sulfonamides is 1. The Morgan fingerprint density at radius 3 is 2.50 bits per heavy atom. The van der Waals surface area contributed by atoms with Crippen LogP contribution in [0.15, 0.2) is 11.4 Å². The van der Waals surface area contributed by atoms with Crippen LogP contribution < -0.4 is 10.0 Å². The minimum absolute atomic E-state index is 0.00714. The van der Waals surface area contributed by atoms with E-state index in [9.17, 15) is 13.2 Å². The Kier molecular flexibility index (Phi) is 5.55. The van der Waals surface area contributed by atoms with E-state index in [0.29, 0.717) is 6.54 Å². The van der Waals surface area contributed by atoms with Gasteiger partial charge in [0.1, 0.15) is 5.15 Å². The predicted octanol–water partition coefficient (Wildman–Crippen LogP) is 0.512. The van der Waals surface area contributed by atoms with Crippen molar-refractivity contribution in [3.8, 4) is 0 Å². The zero-order chi connectivity index (χ0) is 15.5. The molecule has 1 amide bonds. The standard InChI is InChI=1S/C11H19ClN4O3S/c1-7(2)5-13-10(17)8(3)15-20(18,19)11-9(12)16(4)6-14-11/h6-8,15H,5H2,1-4H3,(H,13,17). The number of halogens is 1. The number of carbonyl (C=O) groups excluding carboxylic acids is 1. The van der Waals surface area contributed by atoms with Crippen LogP contribution >= 0.6 is 11.6 Å². The largest absolute Gasteiger partial charge is 0.354 e. The molecule has 0 aliphatic heterocycles. The van der Waals surface area contributed by atoms with E-state index >= 15 is 0 Å². The Morgan fingerprint density at radius 2 is 2.05 bits per heavy atom. The van der Waals surface area contributed by atoms with Gasteiger partial charge in [0.2, 0.25) is 10.9 Å². The molecule has 1 aromatic heterocycles. The fourth-order valence-corrected chi connectivity index (χ4v) is 3.01. The molecule has 1 heterocycles. The molecule has 9 heteroatoms. The molecule has 0 radical (unpaired) electrons. The van der Waals surface area contributed by atoms with Gasteiger partial charge in [-0.15, -0.1) is 0 Å². The summed E-state index contributed by atoms with van der Waals surface area (Å²) in [6.45, 7) is 5.84. The number of hydrogen-bond acceptors (Lipinski definition) is 4. The van der Waals surface area contributed by atoms with Crippen LogP contribution in [-0.2, 0) is 21.9 Å². The normalized spacial score (nSPS) is 13.5. The van der Waals surface area contributed by atoms with Crippen molar-refractivity contribution in [2.24, 2.45) is 13.0 Å². The zero-order valence-electron chi connectivity index (χ0n) is 11.8. The van der Waals surface area contributed by atoms with Gasteiger partial charge in [-0.25, -0.2) is 13.4 Å². The van der Waals surface area contributed by atoms with Crippen molar-refractivity contribution in [2.75, 3.05) is 6.54 Å². The van der Waals surface area contributed by atoms with E-state index in [1.807, 2.05) is 13.8 Å². The lowest BCUT2D eigenvalue weighted by Crippen LogP contribution is -2.45. The molecule has 0 aromatic carbocycles. The highest BCUT2D eigenvalue weighted by atomic mass is 35.5. The summed E-state index contributed by atoms with van der Waals surface area (Å²) >= 11 is 5.84. The van der Waals surface area contributed by atoms with Crippen LogP contribution in [0.5, 0.6) is 0 Å². The van der Waals surface area contributed by atoms with Crippen molar-refractivity contribution in [3.05, 3.63) is 11.5 Å². The van der Waals surface area contributed by atoms with Crippen molar-refractivity contribution in [2.45, 2.75) is 31.8 Å². The molecule has 0 bridgehead atoms. The Morgan fingerprint density at radius 1 is 1.45 bits per heavy atom. The van der Waals surface area contributed by atoms with Gasteiger partial charge in [0.25, 0.3) is 10.0 Å². The molecule has 0 saturated heterocycles. The van der Waals surface area contributed by atoms with Gasteiger partial charge in [-0.2, -0.15) is 4.72 Å². The van der Waals surface area contributed by atoms with Crippen LogP contribution in [0, 0.1) is 5.92 Å². The van der Waals surface area contributed by atoms with Crippen molar-refractivity contribution in [1.82, 2.24) is 19.6 Å². The molecule has 2 N–H and O–H groups in total. The van der Waals surface area contributed by atoms with Gasteiger partial charge in [-0.3, -0.25) is 4.79 Å². The van der Waals surface area contributed by atoms with Gasteiger partial charge in [0, 0.05) is 13.6 Å². The molecular weight excluding hydrogens is 304 g/mol. The second kappa shape index (κ2) is 6.55. The lowest BCUT2D eigenvalue weighted by Gasteiger charge is -2.14. The Bertz CT molecular complexity index is 582. The Balaban J connectivity index is 2.76. The van der Waals surface area contributed by atoms with Crippen molar-refractivity contribution < 1.29 is 13.2 Å². The second-order valence-corrected chi connectivity index (χ2v) is 6.92. The molecule has 1 aromatic rings. The third-order valence-corrected chi connectivity index (χ3v) is 4.53. The van der Waals surface area contributed by atoms with Crippen molar-refractivity contribution >= 4 is 27.5 Å². The molecule has 0 spiro atoms. The van der Waals surface area contributed by atoms with Gasteiger partial charge in [-0.05, 0) is 12.8 Å².